The maximum atomic E-state index is 11.4. The van der Waals surface area contributed by atoms with Gasteiger partial charge in [0.1, 0.15) is 0 Å². The van der Waals surface area contributed by atoms with Crippen LogP contribution in [0.1, 0.15) is 32.6 Å². The Morgan fingerprint density at radius 1 is 0.833 bits per heavy atom. The lowest BCUT2D eigenvalue weighted by atomic mass is 10.1. The third-order valence-corrected chi connectivity index (χ3v) is 5.69. The van der Waals surface area contributed by atoms with E-state index in [4.69, 9.17) is 0 Å². The first-order chi connectivity index (χ1) is 10.6. The SMILES string of the molecule is CCC[NH+]1CCCCC1.O=S(=O)([N-]S(=O)(=O)C(F)(F)F)C(F)(F)F. The Balaban J connectivity index is 0.000000496. The van der Waals surface area contributed by atoms with Crippen LogP contribution in [-0.4, -0.2) is 47.5 Å². The minimum Gasteiger partial charge on any atom is -0.421 e. The fourth-order valence-corrected chi connectivity index (χ4v) is 3.58. The molecule has 0 aromatic carbocycles. The van der Waals surface area contributed by atoms with Crippen LogP contribution in [0, 0.1) is 0 Å². The second-order valence-electron chi connectivity index (χ2n) is 4.98. The summed E-state index contributed by atoms with van der Waals surface area (Å²) in [7, 11) is -13.4. The minimum absolute atomic E-state index is 0.778. The van der Waals surface area contributed by atoms with E-state index in [1.54, 1.807) is 0 Å². The molecule has 0 amide bonds. The van der Waals surface area contributed by atoms with Crippen molar-refractivity contribution in [3.8, 4) is 0 Å². The van der Waals surface area contributed by atoms with Crippen LogP contribution in [0.25, 0.3) is 4.13 Å². The normalized spacial score (nSPS) is 18.0. The largest absolute Gasteiger partial charge is 0.480 e. The smallest absolute Gasteiger partial charge is 0.421 e. The summed E-state index contributed by atoms with van der Waals surface area (Å²) < 4.78 is 109. The van der Waals surface area contributed by atoms with Gasteiger partial charge < -0.3 is 9.03 Å². The van der Waals surface area contributed by atoms with Gasteiger partial charge in [0.2, 0.25) is 0 Å². The van der Waals surface area contributed by atoms with Crippen LogP contribution in [0.4, 0.5) is 26.3 Å². The number of hydrogen-bond acceptors (Lipinski definition) is 4. The van der Waals surface area contributed by atoms with Gasteiger partial charge in [0.05, 0.1) is 19.6 Å². The summed E-state index contributed by atoms with van der Waals surface area (Å²) in [6.45, 7) is 6.56. The first kappa shape index (κ1) is 23.4. The summed E-state index contributed by atoms with van der Waals surface area (Å²) in [5, 5.41) is 0. The van der Waals surface area contributed by atoms with Gasteiger partial charge in [0.15, 0.2) is 20.0 Å². The van der Waals surface area contributed by atoms with Crippen molar-refractivity contribution in [2.24, 2.45) is 0 Å². The predicted molar refractivity (Wildman–Crippen MR) is 73.0 cm³/mol. The number of halogens is 6. The topological polar surface area (TPSA) is 86.8 Å². The molecule has 0 aromatic heterocycles. The van der Waals surface area contributed by atoms with Crippen molar-refractivity contribution in [1.82, 2.24) is 0 Å². The van der Waals surface area contributed by atoms with Crippen molar-refractivity contribution in [2.45, 2.75) is 43.6 Å². The molecule has 1 aliphatic rings. The molecule has 146 valence electrons. The average Bonchev–Trinajstić information content (AvgIpc) is 2.37. The molecule has 1 rings (SSSR count). The van der Waals surface area contributed by atoms with E-state index in [1.807, 2.05) is 4.90 Å². The summed E-state index contributed by atoms with van der Waals surface area (Å²) in [5.41, 5.74) is -12.4. The zero-order valence-corrected chi connectivity index (χ0v) is 14.2. The summed E-state index contributed by atoms with van der Waals surface area (Å²) in [6, 6.07) is 0. The molecule has 0 radical (unpaired) electrons. The summed E-state index contributed by atoms with van der Waals surface area (Å²) >= 11 is 0. The molecule has 0 saturated carbocycles. The van der Waals surface area contributed by atoms with Gasteiger partial charge >= 0.3 is 11.0 Å². The number of hydrogen-bond donors (Lipinski definition) is 1. The van der Waals surface area contributed by atoms with Crippen LogP contribution in [0.15, 0.2) is 0 Å². The van der Waals surface area contributed by atoms with Gasteiger partial charge in [0.25, 0.3) is 0 Å². The second kappa shape index (κ2) is 8.67. The maximum absolute atomic E-state index is 11.4. The highest BCUT2D eigenvalue weighted by atomic mass is 32.3. The highest BCUT2D eigenvalue weighted by Crippen LogP contribution is 2.36. The Labute approximate surface area is 136 Å². The van der Waals surface area contributed by atoms with Gasteiger partial charge in [-0.3, -0.25) is 0 Å². The van der Waals surface area contributed by atoms with E-state index in [9.17, 15) is 43.2 Å². The van der Waals surface area contributed by atoms with E-state index in [0.717, 1.165) is 4.13 Å². The maximum Gasteiger partial charge on any atom is 0.480 e. The molecule has 0 aromatic rings. The number of rotatable bonds is 4. The van der Waals surface area contributed by atoms with Gasteiger partial charge in [-0.05, 0) is 25.7 Å². The van der Waals surface area contributed by atoms with Gasteiger partial charge in [0, 0.05) is 0 Å². The number of nitrogens with zero attached hydrogens (tertiary/aromatic N) is 1. The number of likely N-dealkylation sites (tertiary alicyclic amines) is 1. The molecule has 0 bridgehead atoms. The van der Waals surface area contributed by atoms with Crippen molar-refractivity contribution < 1.29 is 48.1 Å². The number of quaternary nitrogens is 1. The Kier molecular flexibility index (Phi) is 8.45. The first-order valence-corrected chi connectivity index (χ1v) is 9.72. The molecule has 6 nitrogen and oxygen atoms in total. The van der Waals surface area contributed by atoms with Crippen LogP contribution < -0.4 is 4.90 Å². The van der Waals surface area contributed by atoms with Crippen LogP contribution in [-0.2, 0) is 20.0 Å². The zero-order valence-electron chi connectivity index (χ0n) is 12.6. The van der Waals surface area contributed by atoms with E-state index >= 15 is 0 Å². The molecule has 24 heavy (non-hydrogen) atoms. The minimum atomic E-state index is -6.72. The molecule has 1 heterocycles. The zero-order chi connectivity index (χ0) is 19.2. The molecule has 1 aliphatic heterocycles. The highest BCUT2D eigenvalue weighted by molar-refractivity contribution is 8.13. The monoisotopic (exact) mass is 408 g/mol. The van der Waals surface area contributed by atoms with Crippen LogP contribution in [0.5, 0.6) is 0 Å². The van der Waals surface area contributed by atoms with Gasteiger partial charge in [-0.1, -0.05) is 6.92 Å². The van der Waals surface area contributed by atoms with Gasteiger partial charge in [-0.2, -0.15) is 26.3 Å². The molecule has 0 spiro atoms. The quantitative estimate of drug-likeness (QED) is 0.715. The molecule has 0 aliphatic carbocycles. The van der Waals surface area contributed by atoms with E-state index in [2.05, 4.69) is 6.92 Å². The molecule has 0 unspecified atom stereocenters. The Morgan fingerprint density at radius 2 is 1.21 bits per heavy atom. The summed E-state index contributed by atoms with van der Waals surface area (Å²) in [5.74, 6) is 0. The van der Waals surface area contributed by atoms with Crippen molar-refractivity contribution in [3.63, 3.8) is 0 Å². The number of alkyl halides is 6. The van der Waals surface area contributed by atoms with Crippen LogP contribution in [0.2, 0.25) is 0 Å². The lowest BCUT2D eigenvalue weighted by Crippen LogP contribution is -3.12. The van der Waals surface area contributed by atoms with Crippen molar-refractivity contribution >= 4 is 20.0 Å². The van der Waals surface area contributed by atoms with E-state index in [0.29, 0.717) is 0 Å². The lowest BCUT2D eigenvalue weighted by molar-refractivity contribution is -0.904. The van der Waals surface area contributed by atoms with Gasteiger partial charge in [-0.25, -0.2) is 16.8 Å². The molecule has 1 N–H and O–H groups in total. The van der Waals surface area contributed by atoms with Crippen LogP contribution in [0.3, 0.4) is 0 Å². The lowest BCUT2D eigenvalue weighted by Gasteiger charge is -2.22. The average molecular weight is 408 g/mol. The Bertz CT molecular complexity index is 535. The molecule has 1 fully saturated rings. The fourth-order valence-electron chi connectivity index (χ4n) is 1.87. The molecule has 1 saturated heterocycles. The first-order valence-electron chi connectivity index (χ1n) is 6.84. The summed E-state index contributed by atoms with van der Waals surface area (Å²) in [6.07, 6.45) is 5.77. The molecule has 14 heteroatoms. The van der Waals surface area contributed by atoms with Crippen molar-refractivity contribution in [1.29, 1.82) is 0 Å². The standard InChI is InChI=1S/C8H17N.C2F6NO4S2/c1-2-6-9-7-4-3-5-8-9;3-1(4,5)14(10,11)9-15(12,13)2(6,7)8/h2-8H2,1H3;/q;-1/p+1. The Morgan fingerprint density at radius 3 is 1.50 bits per heavy atom. The third-order valence-electron chi connectivity index (χ3n) is 2.95. The van der Waals surface area contributed by atoms with Crippen LogP contribution >= 0.6 is 0 Å². The summed E-state index contributed by atoms with van der Waals surface area (Å²) in [4.78, 5) is 1.84. The fraction of sp³-hybridized carbons (Fsp3) is 1.00. The second-order valence-corrected chi connectivity index (χ2v) is 8.40. The molecular weight excluding hydrogens is 390 g/mol. The number of nitrogens with one attached hydrogen (secondary N) is 1. The highest BCUT2D eigenvalue weighted by Gasteiger charge is 2.46. The number of sulfonamides is 2. The number of piperidine rings is 1. The van der Waals surface area contributed by atoms with Crippen molar-refractivity contribution in [3.05, 3.63) is 4.13 Å². The molecular formula is C10H18F6N2O4S2. The predicted octanol–water partition coefficient (Wildman–Crippen LogP) is 1.52. The van der Waals surface area contributed by atoms with Gasteiger partial charge in [-0.15, -0.1) is 0 Å². The van der Waals surface area contributed by atoms with E-state index < -0.39 is 31.1 Å². The Hall–Kier alpha value is -0.600. The van der Waals surface area contributed by atoms with E-state index in [-0.39, 0.29) is 0 Å². The molecule has 0 atom stereocenters. The van der Waals surface area contributed by atoms with Crippen molar-refractivity contribution in [2.75, 3.05) is 19.6 Å². The third kappa shape index (κ3) is 7.53. The van der Waals surface area contributed by atoms with E-state index in [1.165, 1.54) is 45.3 Å².